The number of hydrogen-bond acceptors (Lipinski definition) is 3. The lowest BCUT2D eigenvalue weighted by atomic mass is 10.3. The molecule has 2 rings (SSSR count). The topological polar surface area (TPSA) is 47.2 Å². The summed E-state index contributed by atoms with van der Waals surface area (Å²) in [5.74, 6) is 0.301. The molecule has 0 amide bonds. The molecule has 0 unspecified atom stereocenters. The molecule has 0 saturated heterocycles. The van der Waals surface area contributed by atoms with E-state index in [1.807, 2.05) is 0 Å². The molecule has 1 heterocycles. The molecule has 0 saturated carbocycles. The fourth-order valence-electron chi connectivity index (χ4n) is 1.50. The lowest BCUT2D eigenvalue weighted by Gasteiger charge is -2.09. The Morgan fingerprint density at radius 1 is 1.38 bits per heavy atom. The molecule has 7 heteroatoms. The van der Waals surface area contributed by atoms with Crippen LogP contribution in [0.5, 0.6) is 0 Å². The predicted octanol–water partition coefficient (Wildman–Crippen LogP) is 3.80. The van der Waals surface area contributed by atoms with Crippen LogP contribution in [-0.4, -0.2) is 9.55 Å². The molecule has 1 aromatic carbocycles. The molecule has 16 heavy (non-hydrogen) atoms. The lowest BCUT2D eigenvalue weighted by molar-refractivity contribution is 0.841. The minimum absolute atomic E-state index is 0.293. The van der Waals surface area contributed by atoms with Gasteiger partial charge in [0, 0.05) is 7.05 Å². The first kappa shape index (κ1) is 11.6. The maximum atomic E-state index is 10.4. The van der Waals surface area contributed by atoms with Gasteiger partial charge in [0.25, 0.3) is 0 Å². The summed E-state index contributed by atoms with van der Waals surface area (Å²) in [5.41, 5.74) is 1.64. The number of aryl methyl sites for hydroxylation is 1. The summed E-state index contributed by atoms with van der Waals surface area (Å²) >= 11 is 17.3. The maximum Gasteiger partial charge on any atom is 0.248 e. The number of hydrogen-bond donors (Lipinski definition) is 0. The van der Waals surface area contributed by atoms with Crippen LogP contribution < -0.4 is 0 Å². The van der Waals surface area contributed by atoms with E-state index < -0.39 is 3.79 Å². The Labute approximate surface area is 106 Å². The molecule has 0 aliphatic carbocycles. The fourth-order valence-corrected chi connectivity index (χ4v) is 2.01. The van der Waals surface area contributed by atoms with Crippen molar-refractivity contribution in [1.29, 1.82) is 0 Å². The van der Waals surface area contributed by atoms with E-state index in [9.17, 15) is 4.91 Å². The molecule has 2 aromatic rings. The van der Waals surface area contributed by atoms with E-state index in [1.54, 1.807) is 29.8 Å². The minimum Gasteiger partial charge on any atom is -0.327 e. The molecule has 0 N–H and O–H groups in total. The number of rotatable bonds is 1. The molecule has 0 atom stereocenters. The second-order valence-corrected chi connectivity index (χ2v) is 5.54. The SMILES string of the molecule is Cn1c(C(Cl)(Cl)Cl)nc2cc(N=O)ccc21. The Kier molecular flexibility index (Phi) is 2.82. The Hall–Kier alpha value is -0.840. The Bertz CT molecular complexity index is 559. The number of nitrogens with zero attached hydrogens (tertiary/aromatic N) is 3. The highest BCUT2D eigenvalue weighted by Crippen LogP contribution is 2.38. The molecule has 0 aliphatic heterocycles. The average Bonchev–Trinajstić information content (AvgIpc) is 2.55. The van der Waals surface area contributed by atoms with Gasteiger partial charge >= 0.3 is 0 Å². The number of alkyl halides is 3. The van der Waals surface area contributed by atoms with Gasteiger partial charge in [-0.25, -0.2) is 4.98 Å². The molecule has 4 nitrogen and oxygen atoms in total. The largest absolute Gasteiger partial charge is 0.327 e. The van der Waals surface area contributed by atoms with Crippen molar-refractivity contribution in [3.05, 3.63) is 28.9 Å². The summed E-state index contributed by atoms with van der Waals surface area (Å²) < 4.78 is 0.0689. The summed E-state index contributed by atoms with van der Waals surface area (Å²) in [6.07, 6.45) is 0. The van der Waals surface area contributed by atoms with Crippen molar-refractivity contribution < 1.29 is 0 Å². The van der Waals surface area contributed by atoms with Gasteiger partial charge in [0.1, 0.15) is 5.69 Å². The van der Waals surface area contributed by atoms with Gasteiger partial charge in [-0.1, -0.05) is 34.8 Å². The quantitative estimate of drug-likeness (QED) is 0.588. The third kappa shape index (κ3) is 1.88. The fraction of sp³-hybridized carbons (Fsp3) is 0.222. The molecule has 0 aliphatic rings. The van der Waals surface area contributed by atoms with Gasteiger partial charge < -0.3 is 4.57 Å². The average molecular weight is 279 g/mol. The van der Waals surface area contributed by atoms with Crippen molar-refractivity contribution in [2.45, 2.75) is 3.79 Å². The molecule has 1 aromatic heterocycles. The van der Waals surface area contributed by atoms with Crippen molar-refractivity contribution in [2.24, 2.45) is 12.2 Å². The van der Waals surface area contributed by atoms with Crippen LogP contribution in [0, 0.1) is 4.91 Å². The number of aromatic nitrogens is 2. The van der Waals surface area contributed by atoms with Crippen LogP contribution in [0.15, 0.2) is 23.4 Å². The number of halogens is 3. The lowest BCUT2D eigenvalue weighted by Crippen LogP contribution is -2.08. The molecular formula is C9H6Cl3N3O. The Morgan fingerprint density at radius 3 is 2.62 bits per heavy atom. The molecule has 0 radical (unpaired) electrons. The molecule has 0 spiro atoms. The monoisotopic (exact) mass is 277 g/mol. The van der Waals surface area contributed by atoms with E-state index in [1.165, 1.54) is 0 Å². The van der Waals surface area contributed by atoms with Crippen LogP contribution in [0.2, 0.25) is 0 Å². The van der Waals surface area contributed by atoms with Crippen molar-refractivity contribution in [3.63, 3.8) is 0 Å². The maximum absolute atomic E-state index is 10.4. The second-order valence-electron chi connectivity index (χ2n) is 3.26. The van der Waals surface area contributed by atoms with Crippen molar-refractivity contribution >= 4 is 51.5 Å². The second kappa shape index (κ2) is 3.87. The molecule has 0 fully saturated rings. The first-order valence-corrected chi connectivity index (χ1v) is 5.44. The van der Waals surface area contributed by atoms with Crippen molar-refractivity contribution in [2.75, 3.05) is 0 Å². The van der Waals surface area contributed by atoms with Gasteiger partial charge in [-0.2, -0.15) is 0 Å². The first-order chi connectivity index (χ1) is 7.43. The van der Waals surface area contributed by atoms with E-state index in [2.05, 4.69) is 10.2 Å². The molecule has 84 valence electrons. The highest BCUT2D eigenvalue weighted by atomic mass is 35.6. The van der Waals surface area contributed by atoms with E-state index in [4.69, 9.17) is 34.8 Å². The minimum atomic E-state index is -1.59. The standard InChI is InChI=1S/C9H6Cl3N3O/c1-15-7-3-2-5(14-16)4-6(7)13-8(15)9(10,11)12/h2-4H,1H3. The third-order valence-corrected chi connectivity index (χ3v) is 2.73. The molecular weight excluding hydrogens is 272 g/mol. The zero-order chi connectivity index (χ0) is 11.9. The summed E-state index contributed by atoms with van der Waals surface area (Å²) in [4.78, 5) is 14.5. The number of benzene rings is 1. The van der Waals surface area contributed by atoms with Crippen LogP contribution in [0.3, 0.4) is 0 Å². The highest BCUT2D eigenvalue weighted by molar-refractivity contribution is 6.66. The highest BCUT2D eigenvalue weighted by Gasteiger charge is 2.29. The van der Waals surface area contributed by atoms with Crippen molar-refractivity contribution in [1.82, 2.24) is 9.55 Å². The van der Waals surface area contributed by atoms with E-state index >= 15 is 0 Å². The van der Waals surface area contributed by atoms with Crippen LogP contribution in [-0.2, 0) is 10.8 Å². The van der Waals surface area contributed by atoms with Crippen LogP contribution in [0.1, 0.15) is 5.82 Å². The van der Waals surface area contributed by atoms with Gasteiger partial charge in [0.15, 0.2) is 5.82 Å². The van der Waals surface area contributed by atoms with Gasteiger partial charge in [0.05, 0.1) is 11.0 Å². The Balaban J connectivity index is 2.72. The summed E-state index contributed by atoms with van der Waals surface area (Å²) in [6.45, 7) is 0. The van der Waals surface area contributed by atoms with E-state index in [-0.39, 0.29) is 0 Å². The van der Waals surface area contributed by atoms with Crippen LogP contribution in [0.25, 0.3) is 11.0 Å². The predicted molar refractivity (Wildman–Crippen MR) is 65.4 cm³/mol. The third-order valence-electron chi connectivity index (χ3n) is 2.22. The smallest absolute Gasteiger partial charge is 0.248 e. The number of fused-ring (bicyclic) bond motifs is 1. The summed E-state index contributed by atoms with van der Waals surface area (Å²) in [7, 11) is 1.74. The van der Waals surface area contributed by atoms with Crippen LogP contribution in [0.4, 0.5) is 5.69 Å². The van der Waals surface area contributed by atoms with Gasteiger partial charge in [0.2, 0.25) is 3.79 Å². The summed E-state index contributed by atoms with van der Waals surface area (Å²) in [6, 6.07) is 4.83. The van der Waals surface area contributed by atoms with Gasteiger partial charge in [-0.15, -0.1) is 4.91 Å². The normalized spacial score (nSPS) is 12.0. The number of imidazole rings is 1. The van der Waals surface area contributed by atoms with E-state index in [0.29, 0.717) is 17.0 Å². The van der Waals surface area contributed by atoms with Gasteiger partial charge in [-0.3, -0.25) is 0 Å². The Morgan fingerprint density at radius 2 is 2.06 bits per heavy atom. The van der Waals surface area contributed by atoms with E-state index in [0.717, 1.165) is 5.52 Å². The zero-order valence-electron chi connectivity index (χ0n) is 8.12. The van der Waals surface area contributed by atoms with Gasteiger partial charge in [-0.05, 0) is 23.4 Å². The summed E-state index contributed by atoms with van der Waals surface area (Å²) in [5, 5.41) is 2.82. The molecule has 0 bridgehead atoms. The first-order valence-electron chi connectivity index (χ1n) is 4.30. The zero-order valence-corrected chi connectivity index (χ0v) is 10.4. The van der Waals surface area contributed by atoms with Crippen molar-refractivity contribution in [3.8, 4) is 0 Å². The number of nitroso groups, excluding NO2 is 1. The van der Waals surface area contributed by atoms with Crippen LogP contribution >= 0.6 is 34.8 Å².